The highest BCUT2D eigenvalue weighted by Crippen LogP contribution is 2.28. The fraction of sp³-hybridized carbons (Fsp3) is 0. The van der Waals surface area contributed by atoms with E-state index in [4.69, 9.17) is 16.7 Å². The van der Waals surface area contributed by atoms with Crippen LogP contribution in [0.2, 0.25) is 5.02 Å². The zero-order valence-corrected chi connectivity index (χ0v) is 13.9. The summed E-state index contributed by atoms with van der Waals surface area (Å²) >= 11 is 7.01. The molecule has 9 heteroatoms. The van der Waals surface area contributed by atoms with Crippen LogP contribution in [0.25, 0.3) is 10.2 Å². The lowest BCUT2D eigenvalue weighted by molar-refractivity contribution is 0.102. The molecule has 2 aromatic carbocycles. The Morgan fingerprint density at radius 3 is 2.70 bits per heavy atom. The Morgan fingerprint density at radius 2 is 2.00 bits per heavy atom. The molecular formula is C14H10ClN3O3S2. The molecule has 1 aromatic heterocycles. The lowest BCUT2D eigenvalue weighted by Gasteiger charge is -2.01. The number of fused-ring (bicyclic) bond motifs is 1. The van der Waals surface area contributed by atoms with Gasteiger partial charge in [-0.25, -0.2) is 18.5 Å². The van der Waals surface area contributed by atoms with Gasteiger partial charge in [0, 0.05) is 10.6 Å². The molecule has 0 saturated carbocycles. The van der Waals surface area contributed by atoms with Crippen molar-refractivity contribution in [2.45, 2.75) is 4.90 Å². The molecule has 1 amide bonds. The number of rotatable bonds is 3. The summed E-state index contributed by atoms with van der Waals surface area (Å²) in [7, 11) is -3.78. The van der Waals surface area contributed by atoms with E-state index in [0.29, 0.717) is 25.9 Å². The van der Waals surface area contributed by atoms with Crippen LogP contribution in [0.3, 0.4) is 0 Å². The van der Waals surface area contributed by atoms with Crippen LogP contribution in [0.5, 0.6) is 0 Å². The summed E-state index contributed by atoms with van der Waals surface area (Å²) in [6, 6.07) is 10.9. The molecule has 0 spiro atoms. The largest absolute Gasteiger partial charge is 0.298 e. The Hall–Kier alpha value is -2.00. The van der Waals surface area contributed by atoms with E-state index < -0.39 is 10.0 Å². The predicted octanol–water partition coefficient (Wildman–Crippen LogP) is 2.85. The van der Waals surface area contributed by atoms with Gasteiger partial charge in [0.2, 0.25) is 10.0 Å². The van der Waals surface area contributed by atoms with E-state index in [2.05, 4.69) is 10.3 Å². The van der Waals surface area contributed by atoms with Crippen molar-refractivity contribution in [3.63, 3.8) is 0 Å². The third kappa shape index (κ3) is 3.50. The van der Waals surface area contributed by atoms with E-state index >= 15 is 0 Å². The van der Waals surface area contributed by atoms with E-state index in [1.807, 2.05) is 0 Å². The van der Waals surface area contributed by atoms with Crippen molar-refractivity contribution >= 4 is 54.2 Å². The van der Waals surface area contributed by atoms with Gasteiger partial charge in [0.1, 0.15) is 0 Å². The molecule has 0 atom stereocenters. The van der Waals surface area contributed by atoms with Gasteiger partial charge in [-0.15, -0.1) is 0 Å². The summed E-state index contributed by atoms with van der Waals surface area (Å²) in [6.07, 6.45) is 0. The average Bonchev–Trinajstić information content (AvgIpc) is 2.87. The maximum Gasteiger partial charge on any atom is 0.257 e. The number of nitrogens with zero attached hydrogens (tertiary/aromatic N) is 1. The Morgan fingerprint density at radius 1 is 1.22 bits per heavy atom. The van der Waals surface area contributed by atoms with Crippen molar-refractivity contribution in [1.29, 1.82) is 0 Å². The number of benzene rings is 2. The highest BCUT2D eigenvalue weighted by Gasteiger charge is 2.13. The second-order valence-corrected chi connectivity index (χ2v) is 7.69. The lowest BCUT2D eigenvalue weighted by Crippen LogP contribution is -2.11. The van der Waals surface area contributed by atoms with Crippen LogP contribution >= 0.6 is 22.9 Å². The van der Waals surface area contributed by atoms with Crippen molar-refractivity contribution in [3.8, 4) is 0 Å². The van der Waals surface area contributed by atoms with E-state index in [-0.39, 0.29) is 10.8 Å². The number of sulfonamides is 1. The SMILES string of the molecule is NS(=O)(=O)c1ccc2nc(NC(=O)c3cccc(Cl)c3)sc2c1. The molecule has 0 aliphatic carbocycles. The molecule has 1 heterocycles. The number of thiazole rings is 1. The number of carbonyl (C=O) groups is 1. The van der Waals surface area contributed by atoms with Gasteiger partial charge < -0.3 is 0 Å². The molecule has 3 rings (SSSR count). The van der Waals surface area contributed by atoms with Crippen molar-refractivity contribution < 1.29 is 13.2 Å². The fourth-order valence-corrected chi connectivity index (χ4v) is 3.64. The molecular weight excluding hydrogens is 358 g/mol. The first kappa shape index (κ1) is 15.9. The Balaban J connectivity index is 1.90. The van der Waals surface area contributed by atoms with Crippen LogP contribution in [-0.4, -0.2) is 19.3 Å². The molecule has 3 N–H and O–H groups in total. The normalized spacial score (nSPS) is 11.6. The van der Waals surface area contributed by atoms with Gasteiger partial charge in [-0.1, -0.05) is 29.0 Å². The highest BCUT2D eigenvalue weighted by molar-refractivity contribution is 7.89. The van der Waals surface area contributed by atoms with E-state index in [9.17, 15) is 13.2 Å². The van der Waals surface area contributed by atoms with Crippen molar-refractivity contribution in [2.24, 2.45) is 5.14 Å². The topological polar surface area (TPSA) is 102 Å². The number of aromatic nitrogens is 1. The Bertz CT molecular complexity index is 1020. The minimum atomic E-state index is -3.78. The van der Waals surface area contributed by atoms with Gasteiger partial charge in [-0.2, -0.15) is 0 Å². The van der Waals surface area contributed by atoms with Gasteiger partial charge in [0.15, 0.2) is 5.13 Å². The molecule has 23 heavy (non-hydrogen) atoms. The Kier molecular flexibility index (Phi) is 4.07. The van der Waals surface area contributed by atoms with Crippen LogP contribution < -0.4 is 10.5 Å². The number of nitrogens with one attached hydrogen (secondary N) is 1. The molecule has 0 unspecified atom stereocenters. The zero-order valence-electron chi connectivity index (χ0n) is 11.5. The predicted molar refractivity (Wildman–Crippen MR) is 90.4 cm³/mol. The van der Waals surface area contributed by atoms with Crippen LogP contribution in [0.4, 0.5) is 5.13 Å². The van der Waals surface area contributed by atoms with Gasteiger partial charge in [0.25, 0.3) is 5.91 Å². The lowest BCUT2D eigenvalue weighted by atomic mass is 10.2. The quantitative estimate of drug-likeness (QED) is 0.742. The number of nitrogens with two attached hydrogens (primary N) is 1. The average molecular weight is 368 g/mol. The van der Waals surface area contributed by atoms with Crippen LogP contribution in [0.15, 0.2) is 47.4 Å². The molecule has 118 valence electrons. The molecule has 0 bridgehead atoms. The summed E-state index contributed by atoms with van der Waals surface area (Å²) in [5.41, 5.74) is 0.978. The highest BCUT2D eigenvalue weighted by atomic mass is 35.5. The zero-order chi connectivity index (χ0) is 16.6. The fourth-order valence-electron chi connectivity index (χ4n) is 1.93. The van der Waals surface area contributed by atoms with Crippen molar-refractivity contribution in [1.82, 2.24) is 4.98 Å². The molecule has 0 aliphatic heterocycles. The maximum atomic E-state index is 12.2. The number of hydrogen-bond acceptors (Lipinski definition) is 5. The van der Waals surface area contributed by atoms with Crippen LogP contribution in [-0.2, 0) is 10.0 Å². The number of halogens is 1. The van der Waals surface area contributed by atoms with E-state index in [1.54, 1.807) is 30.3 Å². The number of hydrogen-bond donors (Lipinski definition) is 2. The van der Waals surface area contributed by atoms with Crippen LogP contribution in [0, 0.1) is 0 Å². The third-order valence-electron chi connectivity index (χ3n) is 3.00. The summed E-state index contributed by atoms with van der Waals surface area (Å²) < 4.78 is 23.3. The van der Waals surface area contributed by atoms with E-state index in [0.717, 1.165) is 11.3 Å². The summed E-state index contributed by atoms with van der Waals surface area (Å²) in [5.74, 6) is -0.349. The molecule has 0 aliphatic rings. The number of anilines is 1. The third-order valence-corrected chi connectivity index (χ3v) is 5.08. The second-order valence-electron chi connectivity index (χ2n) is 4.66. The first-order valence-corrected chi connectivity index (χ1v) is 9.07. The van der Waals surface area contributed by atoms with Crippen molar-refractivity contribution in [2.75, 3.05) is 5.32 Å². The minimum Gasteiger partial charge on any atom is -0.298 e. The maximum absolute atomic E-state index is 12.2. The smallest absolute Gasteiger partial charge is 0.257 e. The van der Waals surface area contributed by atoms with Crippen molar-refractivity contribution in [3.05, 3.63) is 53.1 Å². The van der Waals surface area contributed by atoms with Gasteiger partial charge >= 0.3 is 0 Å². The minimum absolute atomic E-state index is 0.00127. The first-order chi connectivity index (χ1) is 10.8. The summed E-state index contributed by atoms with van der Waals surface area (Å²) in [5, 5.41) is 8.58. The van der Waals surface area contributed by atoms with Gasteiger partial charge in [-0.05, 0) is 36.4 Å². The molecule has 3 aromatic rings. The molecule has 0 fully saturated rings. The number of primary sulfonamides is 1. The number of amides is 1. The Labute approximate surface area is 141 Å². The second kappa shape index (κ2) is 5.89. The van der Waals surface area contributed by atoms with Crippen LogP contribution in [0.1, 0.15) is 10.4 Å². The van der Waals surface area contributed by atoms with Gasteiger partial charge in [-0.3, -0.25) is 10.1 Å². The molecule has 6 nitrogen and oxygen atoms in total. The molecule has 0 radical (unpaired) electrons. The standard InChI is InChI=1S/C14H10ClN3O3S2/c15-9-3-1-2-8(6-9)13(19)18-14-17-11-5-4-10(23(16,20)21)7-12(11)22-14/h1-7H,(H2,16,20,21)(H,17,18,19). The molecule has 0 saturated heterocycles. The van der Waals surface area contributed by atoms with E-state index in [1.165, 1.54) is 12.1 Å². The summed E-state index contributed by atoms with van der Waals surface area (Å²) in [6.45, 7) is 0. The van der Waals surface area contributed by atoms with Gasteiger partial charge in [0.05, 0.1) is 15.1 Å². The first-order valence-electron chi connectivity index (χ1n) is 6.33. The monoisotopic (exact) mass is 367 g/mol. The number of carbonyl (C=O) groups excluding carboxylic acids is 1. The summed E-state index contributed by atoms with van der Waals surface area (Å²) in [4.78, 5) is 16.4.